The Labute approximate surface area is 161 Å². The molecular weight excluding hydrogens is 383 g/mol. The second-order valence-electron chi connectivity index (χ2n) is 6.07. The van der Waals surface area contributed by atoms with Crippen molar-refractivity contribution in [3.05, 3.63) is 77.4 Å². The summed E-state index contributed by atoms with van der Waals surface area (Å²) in [6.45, 7) is 3.48. The molecule has 144 valence electrons. The molecule has 0 aliphatic carbocycles. The molecular formula is C19H17FN4O3S. The smallest absolute Gasteiger partial charge is 0.264 e. The fourth-order valence-electron chi connectivity index (χ4n) is 2.47. The number of nitrogens with one attached hydrogen (secondary N) is 2. The van der Waals surface area contributed by atoms with E-state index in [-0.39, 0.29) is 16.4 Å². The van der Waals surface area contributed by atoms with Crippen LogP contribution in [0.3, 0.4) is 0 Å². The Morgan fingerprint density at radius 3 is 2.07 bits per heavy atom. The maximum atomic E-state index is 12.9. The molecule has 28 heavy (non-hydrogen) atoms. The van der Waals surface area contributed by atoms with E-state index in [0.29, 0.717) is 17.1 Å². The highest BCUT2D eigenvalue weighted by Gasteiger charge is 2.16. The lowest BCUT2D eigenvalue weighted by Gasteiger charge is -2.09. The Morgan fingerprint density at radius 1 is 0.929 bits per heavy atom. The van der Waals surface area contributed by atoms with Gasteiger partial charge in [-0.25, -0.2) is 27.5 Å². The molecule has 3 rings (SSSR count). The molecule has 1 amide bonds. The first-order valence-electron chi connectivity index (χ1n) is 8.25. The minimum Gasteiger partial charge on any atom is -0.322 e. The summed E-state index contributed by atoms with van der Waals surface area (Å²) in [7, 11) is -3.88. The number of carbonyl (C=O) groups is 1. The van der Waals surface area contributed by atoms with Crippen LogP contribution < -0.4 is 10.0 Å². The summed E-state index contributed by atoms with van der Waals surface area (Å²) in [4.78, 5) is 20.2. The summed E-state index contributed by atoms with van der Waals surface area (Å²) in [5, 5.41) is 2.62. The summed E-state index contributed by atoms with van der Waals surface area (Å²) >= 11 is 0. The minimum absolute atomic E-state index is 0.00459. The van der Waals surface area contributed by atoms with E-state index in [0.717, 1.165) is 0 Å². The monoisotopic (exact) mass is 400 g/mol. The Balaban J connectivity index is 1.73. The van der Waals surface area contributed by atoms with Gasteiger partial charge in [-0.05, 0) is 68.4 Å². The van der Waals surface area contributed by atoms with Crippen molar-refractivity contribution < 1.29 is 17.6 Å². The summed E-state index contributed by atoms with van der Waals surface area (Å²) in [5.74, 6) is -0.880. The standard InChI is InChI=1S/C19H17FN4O3S/c1-12-11-13(2)22-19(21-12)24-28(26,27)17-9-7-16(8-10-17)23-18(25)14-3-5-15(20)6-4-14/h3-11H,1-2H3,(H,23,25)(H,21,22,24). The number of sulfonamides is 1. The predicted octanol–water partition coefficient (Wildman–Crippen LogP) is 3.29. The van der Waals surface area contributed by atoms with Crippen molar-refractivity contribution in [3.63, 3.8) is 0 Å². The number of anilines is 2. The summed E-state index contributed by atoms with van der Waals surface area (Å²) in [5.41, 5.74) is 1.97. The van der Waals surface area contributed by atoms with Crippen molar-refractivity contribution in [2.75, 3.05) is 10.0 Å². The van der Waals surface area contributed by atoms with Gasteiger partial charge in [0.2, 0.25) is 5.95 Å². The number of hydrogen-bond acceptors (Lipinski definition) is 5. The van der Waals surface area contributed by atoms with Crippen LogP contribution in [0.25, 0.3) is 0 Å². The molecule has 2 aromatic carbocycles. The van der Waals surface area contributed by atoms with Crippen LogP contribution in [0.5, 0.6) is 0 Å². The number of carbonyl (C=O) groups excluding carboxylic acids is 1. The van der Waals surface area contributed by atoms with Crippen LogP contribution in [0.15, 0.2) is 59.5 Å². The zero-order valence-electron chi connectivity index (χ0n) is 15.1. The maximum absolute atomic E-state index is 12.9. The average Bonchev–Trinajstić information content (AvgIpc) is 2.61. The van der Waals surface area contributed by atoms with Gasteiger partial charge in [-0.2, -0.15) is 0 Å². The molecule has 0 saturated heterocycles. The largest absolute Gasteiger partial charge is 0.322 e. The minimum atomic E-state index is -3.88. The van der Waals surface area contributed by atoms with Crippen LogP contribution >= 0.6 is 0 Å². The first kappa shape index (κ1) is 19.4. The van der Waals surface area contributed by atoms with Crippen molar-refractivity contribution in [2.45, 2.75) is 18.7 Å². The van der Waals surface area contributed by atoms with E-state index in [1.54, 1.807) is 19.9 Å². The topological polar surface area (TPSA) is 101 Å². The molecule has 3 aromatic rings. The molecule has 0 unspecified atom stereocenters. The van der Waals surface area contributed by atoms with Crippen LogP contribution in [0, 0.1) is 19.7 Å². The van der Waals surface area contributed by atoms with Gasteiger partial charge in [0.25, 0.3) is 15.9 Å². The Kier molecular flexibility index (Phi) is 5.36. The van der Waals surface area contributed by atoms with Crippen LogP contribution in [-0.4, -0.2) is 24.3 Å². The van der Waals surface area contributed by atoms with Gasteiger partial charge in [-0.1, -0.05) is 0 Å². The Bertz CT molecular complexity index is 1090. The van der Waals surface area contributed by atoms with Gasteiger partial charge in [-0.15, -0.1) is 0 Å². The van der Waals surface area contributed by atoms with E-state index in [2.05, 4.69) is 20.0 Å². The summed E-state index contributed by atoms with van der Waals surface area (Å²) in [6.07, 6.45) is 0. The third-order valence-corrected chi connectivity index (χ3v) is 5.08. The van der Waals surface area contributed by atoms with Crippen LogP contribution in [0.4, 0.5) is 16.0 Å². The van der Waals surface area contributed by atoms with Crippen molar-refractivity contribution in [1.29, 1.82) is 0 Å². The fraction of sp³-hybridized carbons (Fsp3) is 0.105. The first-order valence-corrected chi connectivity index (χ1v) is 9.73. The van der Waals surface area contributed by atoms with Gasteiger partial charge in [0.1, 0.15) is 5.82 Å². The number of hydrogen-bond donors (Lipinski definition) is 2. The highest BCUT2D eigenvalue weighted by Crippen LogP contribution is 2.18. The molecule has 9 heteroatoms. The molecule has 7 nitrogen and oxygen atoms in total. The summed E-state index contributed by atoms with van der Waals surface area (Å²) < 4.78 is 40.3. The normalized spacial score (nSPS) is 11.1. The number of benzene rings is 2. The Hall–Kier alpha value is -3.33. The van der Waals surface area contributed by atoms with Gasteiger partial charge >= 0.3 is 0 Å². The second-order valence-corrected chi connectivity index (χ2v) is 7.75. The van der Waals surface area contributed by atoms with E-state index in [4.69, 9.17) is 0 Å². The van der Waals surface area contributed by atoms with Crippen LogP contribution in [0.1, 0.15) is 21.7 Å². The van der Waals surface area contributed by atoms with Gasteiger partial charge in [0.05, 0.1) is 4.90 Å². The quantitative estimate of drug-likeness (QED) is 0.684. The van der Waals surface area contributed by atoms with Crippen molar-refractivity contribution >= 4 is 27.6 Å². The van der Waals surface area contributed by atoms with E-state index >= 15 is 0 Å². The first-order chi connectivity index (χ1) is 13.2. The van der Waals surface area contributed by atoms with Gasteiger partial charge in [-0.3, -0.25) is 4.79 Å². The molecule has 0 spiro atoms. The third-order valence-electron chi connectivity index (χ3n) is 3.74. The molecule has 1 aromatic heterocycles. The molecule has 0 aliphatic rings. The molecule has 0 radical (unpaired) electrons. The number of aryl methyl sites for hydroxylation is 2. The molecule has 0 bridgehead atoms. The zero-order valence-corrected chi connectivity index (χ0v) is 15.9. The maximum Gasteiger partial charge on any atom is 0.264 e. The molecule has 0 fully saturated rings. The average molecular weight is 400 g/mol. The lowest BCUT2D eigenvalue weighted by atomic mass is 10.2. The predicted molar refractivity (Wildman–Crippen MR) is 103 cm³/mol. The van der Waals surface area contributed by atoms with Gasteiger partial charge in [0, 0.05) is 22.6 Å². The summed E-state index contributed by atoms with van der Waals surface area (Å²) in [6, 6.07) is 12.4. The van der Waals surface area contributed by atoms with Gasteiger partial charge < -0.3 is 5.32 Å². The SMILES string of the molecule is Cc1cc(C)nc(NS(=O)(=O)c2ccc(NC(=O)c3ccc(F)cc3)cc2)n1. The van der Waals surface area contributed by atoms with Crippen LogP contribution in [0.2, 0.25) is 0 Å². The molecule has 0 atom stereocenters. The second kappa shape index (κ2) is 7.73. The van der Waals surface area contributed by atoms with Gasteiger partial charge in [0.15, 0.2) is 0 Å². The van der Waals surface area contributed by atoms with Crippen molar-refractivity contribution in [2.24, 2.45) is 0 Å². The molecule has 0 aliphatic heterocycles. The van der Waals surface area contributed by atoms with Crippen molar-refractivity contribution in [1.82, 2.24) is 9.97 Å². The molecule has 1 heterocycles. The van der Waals surface area contributed by atoms with E-state index in [1.165, 1.54) is 48.5 Å². The highest BCUT2D eigenvalue weighted by molar-refractivity contribution is 7.92. The van der Waals surface area contributed by atoms with Crippen LogP contribution in [-0.2, 0) is 10.0 Å². The number of aromatic nitrogens is 2. The fourth-order valence-corrected chi connectivity index (χ4v) is 3.42. The van der Waals surface area contributed by atoms with E-state index in [9.17, 15) is 17.6 Å². The third kappa shape index (κ3) is 4.68. The number of halogens is 1. The van der Waals surface area contributed by atoms with Crippen molar-refractivity contribution in [3.8, 4) is 0 Å². The number of amides is 1. The Morgan fingerprint density at radius 2 is 1.50 bits per heavy atom. The number of rotatable bonds is 5. The lowest BCUT2D eigenvalue weighted by molar-refractivity contribution is 0.102. The lowest BCUT2D eigenvalue weighted by Crippen LogP contribution is -2.16. The highest BCUT2D eigenvalue weighted by atomic mass is 32.2. The number of nitrogens with zero attached hydrogens (tertiary/aromatic N) is 2. The van der Waals surface area contributed by atoms with E-state index < -0.39 is 21.7 Å². The van der Waals surface area contributed by atoms with E-state index in [1.807, 2.05) is 0 Å². The molecule has 0 saturated carbocycles. The molecule has 2 N–H and O–H groups in total. The zero-order chi connectivity index (χ0) is 20.3.